The minimum atomic E-state index is -0.808. The van der Waals surface area contributed by atoms with E-state index >= 15 is 0 Å². The van der Waals surface area contributed by atoms with Crippen LogP contribution in [0, 0.1) is 12.8 Å². The van der Waals surface area contributed by atoms with Gasteiger partial charge in [-0.05, 0) is 61.6 Å². The maximum Gasteiger partial charge on any atom is 0.270 e. The highest BCUT2D eigenvalue weighted by molar-refractivity contribution is 5.98. The molecule has 4 heterocycles. The molecule has 0 fully saturated rings. The number of carbonyl (C=O) groups excluding carboxylic acids is 3. The number of H-pyrrole nitrogens is 2. The van der Waals surface area contributed by atoms with Gasteiger partial charge < -0.3 is 30.2 Å². The van der Waals surface area contributed by atoms with Gasteiger partial charge in [0.15, 0.2) is 0 Å². The van der Waals surface area contributed by atoms with Gasteiger partial charge in [0.05, 0.1) is 19.7 Å². The summed E-state index contributed by atoms with van der Waals surface area (Å²) in [4.78, 5) is 54.2. The molecule has 12 heteroatoms. The van der Waals surface area contributed by atoms with Gasteiger partial charge in [-0.1, -0.05) is 32.0 Å². The normalized spacial score (nSPS) is 18.2. The summed E-state index contributed by atoms with van der Waals surface area (Å²) < 4.78 is 7.16. The third kappa shape index (κ3) is 7.16. The van der Waals surface area contributed by atoms with Crippen LogP contribution >= 0.6 is 0 Å². The standard InChI is InChI=1S/C35H42N8O4/c1-21(2)16-29-33-37-22(3)41-43(33)15-14-42(35(46)31-18-23-17-25(47-4)11-12-27(23)38-31)13-7-10-32(44)39-30(34(45)40-29)19-24-20-36-28-9-6-5-8-26(24)28/h5-6,8-9,11-12,17-18,20-21,29-30,36,38H,7,10,13-16,19H2,1-4H3,(H,39,44)(H,40,45)/t29-,30+/m0/s1. The van der Waals surface area contributed by atoms with Crippen LogP contribution in [-0.2, 0) is 22.6 Å². The van der Waals surface area contributed by atoms with Gasteiger partial charge >= 0.3 is 0 Å². The maximum atomic E-state index is 14.0. The van der Waals surface area contributed by atoms with E-state index in [-0.39, 0.29) is 30.1 Å². The average Bonchev–Trinajstić information content (AvgIpc) is 3.77. The van der Waals surface area contributed by atoms with Gasteiger partial charge in [-0.2, -0.15) is 5.10 Å². The molecule has 0 spiro atoms. The van der Waals surface area contributed by atoms with E-state index in [2.05, 4.69) is 39.5 Å². The fourth-order valence-electron chi connectivity index (χ4n) is 6.35. The lowest BCUT2D eigenvalue weighted by Crippen LogP contribution is -2.49. The molecule has 246 valence electrons. The van der Waals surface area contributed by atoms with Gasteiger partial charge in [0, 0.05) is 53.9 Å². The molecule has 0 unspecified atom stereocenters. The van der Waals surface area contributed by atoms with Crippen LogP contribution in [-0.4, -0.2) is 73.6 Å². The van der Waals surface area contributed by atoms with Crippen molar-refractivity contribution in [2.24, 2.45) is 5.92 Å². The number of fused-ring (bicyclic) bond motifs is 3. The average molecular weight is 639 g/mol. The molecule has 0 bridgehead atoms. The van der Waals surface area contributed by atoms with E-state index in [4.69, 9.17) is 9.72 Å². The predicted octanol–water partition coefficient (Wildman–Crippen LogP) is 4.42. The molecule has 0 aliphatic carbocycles. The zero-order chi connectivity index (χ0) is 33.1. The molecule has 3 aromatic heterocycles. The summed E-state index contributed by atoms with van der Waals surface area (Å²) in [7, 11) is 1.61. The number of nitrogens with one attached hydrogen (secondary N) is 4. The van der Waals surface area contributed by atoms with Crippen LogP contribution in [0.2, 0.25) is 0 Å². The number of methoxy groups -OCH3 is 1. The lowest BCUT2D eigenvalue weighted by Gasteiger charge is -2.27. The van der Waals surface area contributed by atoms with Crippen LogP contribution in [0.3, 0.4) is 0 Å². The number of ether oxygens (including phenoxy) is 1. The Kier molecular flexibility index (Phi) is 9.28. The van der Waals surface area contributed by atoms with Crippen LogP contribution in [0.15, 0.2) is 54.7 Å². The lowest BCUT2D eigenvalue weighted by molar-refractivity contribution is -0.129. The zero-order valence-corrected chi connectivity index (χ0v) is 27.3. The number of hydrogen-bond acceptors (Lipinski definition) is 6. The number of rotatable bonds is 6. The molecule has 0 radical (unpaired) electrons. The first kappa shape index (κ1) is 31.8. The molecule has 0 saturated heterocycles. The Hall–Kier alpha value is -5.13. The molecule has 0 saturated carbocycles. The number of amides is 3. The quantitative estimate of drug-likeness (QED) is 0.216. The molecule has 2 atom stereocenters. The molecule has 12 nitrogen and oxygen atoms in total. The maximum absolute atomic E-state index is 14.0. The highest BCUT2D eigenvalue weighted by Gasteiger charge is 2.29. The van der Waals surface area contributed by atoms with Gasteiger partial charge in [0.25, 0.3) is 5.91 Å². The summed E-state index contributed by atoms with van der Waals surface area (Å²) in [6.07, 6.45) is 3.42. The second-order valence-corrected chi connectivity index (χ2v) is 12.6. The molecule has 1 aliphatic heterocycles. The molecular weight excluding hydrogens is 596 g/mol. The van der Waals surface area contributed by atoms with E-state index in [0.717, 1.165) is 27.4 Å². The SMILES string of the molecule is COc1ccc2[nH]c(C(=O)N3CCCC(=O)N[C@H](Cc4c[nH]c5ccccc45)C(=O)N[C@@H](CC(C)C)c4nc(C)nn4CC3)cc2c1. The third-order valence-corrected chi connectivity index (χ3v) is 8.65. The number of para-hydroxylation sites is 1. The predicted molar refractivity (Wildman–Crippen MR) is 179 cm³/mol. The van der Waals surface area contributed by atoms with E-state index in [0.29, 0.717) is 62.0 Å². The third-order valence-electron chi connectivity index (χ3n) is 8.65. The Morgan fingerprint density at radius 1 is 1.02 bits per heavy atom. The van der Waals surface area contributed by atoms with Crippen LogP contribution < -0.4 is 15.4 Å². The summed E-state index contributed by atoms with van der Waals surface area (Å²) in [5.74, 6) is 1.47. The first-order chi connectivity index (χ1) is 22.7. The first-order valence-electron chi connectivity index (χ1n) is 16.2. The molecule has 5 aromatic rings. The second-order valence-electron chi connectivity index (χ2n) is 12.6. The fraction of sp³-hybridized carbons (Fsp3) is 0.400. The molecule has 1 aliphatic rings. The van der Waals surface area contributed by atoms with Crippen molar-refractivity contribution in [3.05, 3.63) is 77.6 Å². The first-order valence-corrected chi connectivity index (χ1v) is 16.2. The summed E-state index contributed by atoms with van der Waals surface area (Å²) >= 11 is 0. The zero-order valence-electron chi connectivity index (χ0n) is 27.3. The van der Waals surface area contributed by atoms with Gasteiger partial charge in [-0.25, -0.2) is 9.67 Å². The van der Waals surface area contributed by atoms with Crippen molar-refractivity contribution in [3.8, 4) is 5.75 Å². The van der Waals surface area contributed by atoms with Crippen molar-refractivity contribution >= 4 is 39.5 Å². The minimum absolute atomic E-state index is 0.161. The van der Waals surface area contributed by atoms with Crippen LogP contribution in [0.25, 0.3) is 21.8 Å². The number of aryl methyl sites for hydroxylation is 1. The molecular formula is C35H42N8O4. The van der Waals surface area contributed by atoms with E-state index < -0.39 is 12.1 Å². The van der Waals surface area contributed by atoms with E-state index in [9.17, 15) is 14.4 Å². The lowest BCUT2D eigenvalue weighted by atomic mass is 10.0. The number of nitrogens with zero attached hydrogens (tertiary/aromatic N) is 4. The van der Waals surface area contributed by atoms with E-state index in [1.54, 1.807) is 16.7 Å². The summed E-state index contributed by atoms with van der Waals surface area (Å²) in [6, 6.07) is 14.1. The largest absolute Gasteiger partial charge is 0.497 e. The van der Waals surface area contributed by atoms with Crippen molar-refractivity contribution < 1.29 is 19.1 Å². The van der Waals surface area contributed by atoms with Crippen molar-refractivity contribution in [2.75, 3.05) is 20.2 Å². The van der Waals surface area contributed by atoms with Crippen molar-refractivity contribution in [3.63, 3.8) is 0 Å². The topological polar surface area (TPSA) is 150 Å². The Morgan fingerprint density at radius 2 is 1.85 bits per heavy atom. The summed E-state index contributed by atoms with van der Waals surface area (Å²) in [6.45, 7) is 7.08. The minimum Gasteiger partial charge on any atom is -0.497 e. The molecule has 2 aromatic carbocycles. The van der Waals surface area contributed by atoms with Crippen LogP contribution in [0.5, 0.6) is 5.75 Å². The van der Waals surface area contributed by atoms with Crippen LogP contribution in [0.1, 0.15) is 66.9 Å². The molecule has 47 heavy (non-hydrogen) atoms. The van der Waals surface area contributed by atoms with Crippen molar-refractivity contribution in [2.45, 2.75) is 65.1 Å². The second kappa shape index (κ2) is 13.7. The Balaban J connectivity index is 1.31. The molecule has 6 rings (SSSR count). The Morgan fingerprint density at radius 3 is 2.66 bits per heavy atom. The number of carbonyl (C=O) groups is 3. The van der Waals surface area contributed by atoms with Gasteiger partial charge in [0.1, 0.15) is 29.1 Å². The number of aromatic nitrogens is 5. The van der Waals surface area contributed by atoms with Crippen LogP contribution in [0.4, 0.5) is 0 Å². The van der Waals surface area contributed by atoms with Crippen molar-refractivity contribution in [1.82, 2.24) is 40.3 Å². The Bertz CT molecular complexity index is 1900. The van der Waals surface area contributed by atoms with Gasteiger partial charge in [-0.15, -0.1) is 0 Å². The number of benzene rings is 2. The van der Waals surface area contributed by atoms with Gasteiger partial charge in [0.2, 0.25) is 11.8 Å². The molecule has 4 N–H and O–H groups in total. The Labute approximate surface area is 273 Å². The smallest absolute Gasteiger partial charge is 0.270 e. The highest BCUT2D eigenvalue weighted by Crippen LogP contribution is 2.25. The molecule has 3 amide bonds. The summed E-state index contributed by atoms with van der Waals surface area (Å²) in [5.41, 5.74) is 3.19. The monoisotopic (exact) mass is 638 g/mol. The summed E-state index contributed by atoms with van der Waals surface area (Å²) in [5, 5.41) is 12.8. The fourth-order valence-corrected chi connectivity index (χ4v) is 6.35. The number of hydrogen-bond donors (Lipinski definition) is 4. The number of aromatic amines is 2. The van der Waals surface area contributed by atoms with E-state index in [1.807, 2.05) is 61.7 Å². The highest BCUT2D eigenvalue weighted by atomic mass is 16.5. The van der Waals surface area contributed by atoms with E-state index in [1.165, 1.54) is 0 Å². The van der Waals surface area contributed by atoms with Crippen molar-refractivity contribution in [1.29, 1.82) is 0 Å². The van der Waals surface area contributed by atoms with Gasteiger partial charge in [-0.3, -0.25) is 14.4 Å².